The molecular weight excluding hydrogens is 553 g/mol. The second-order valence-corrected chi connectivity index (χ2v) is 10.9. The smallest absolute Gasteiger partial charge is 0.281 e. The van der Waals surface area contributed by atoms with Crippen LogP contribution < -0.4 is 15.0 Å². The number of Topliss-reactive ketones (excluding diaryl/α,β-unsaturated/α-hetero) is 1. The van der Waals surface area contributed by atoms with Gasteiger partial charge in [-0.1, -0.05) is 37.6 Å². The van der Waals surface area contributed by atoms with Crippen molar-refractivity contribution >= 4 is 15.6 Å². The molecule has 2 heterocycles. The molecule has 0 spiro atoms. The number of sulfone groups is 1. The minimum absolute atomic E-state index is 0.0746. The van der Waals surface area contributed by atoms with Crippen molar-refractivity contribution in [3.8, 4) is 23.1 Å². The molecule has 0 aliphatic rings. The van der Waals surface area contributed by atoms with Gasteiger partial charge in [-0.25, -0.2) is 13.4 Å². The number of carbonyl (C=O) groups excluding carboxylic acids is 1. The molecule has 1 N–H and O–H groups in total. The van der Waals surface area contributed by atoms with Gasteiger partial charge < -0.3 is 14.6 Å². The van der Waals surface area contributed by atoms with Crippen molar-refractivity contribution in [2.45, 2.75) is 42.4 Å². The molecule has 2 aromatic heterocycles. The number of aromatic nitrogens is 3. The number of halogens is 1. The van der Waals surface area contributed by atoms with Crippen molar-refractivity contribution in [3.05, 3.63) is 94.0 Å². The third-order valence-corrected chi connectivity index (χ3v) is 8.17. The van der Waals surface area contributed by atoms with Crippen molar-refractivity contribution in [2.75, 3.05) is 14.2 Å². The molecule has 0 unspecified atom stereocenters. The molecule has 0 atom stereocenters. The Morgan fingerprint density at radius 2 is 1.68 bits per heavy atom. The number of methoxy groups -OCH3 is 2. The van der Waals surface area contributed by atoms with Crippen LogP contribution in [0.1, 0.15) is 41.5 Å². The number of pyridine rings is 1. The fraction of sp³-hybridized carbons (Fsp3) is 0.241. The van der Waals surface area contributed by atoms with Gasteiger partial charge >= 0.3 is 0 Å². The van der Waals surface area contributed by atoms with E-state index in [1.807, 2.05) is 6.92 Å². The molecule has 4 rings (SSSR count). The van der Waals surface area contributed by atoms with Gasteiger partial charge in [0, 0.05) is 24.6 Å². The van der Waals surface area contributed by atoms with Gasteiger partial charge in [-0.05, 0) is 42.3 Å². The van der Waals surface area contributed by atoms with Gasteiger partial charge in [-0.2, -0.15) is 9.37 Å². The summed E-state index contributed by atoms with van der Waals surface area (Å²) in [4.78, 5) is 33.0. The first-order valence-electron chi connectivity index (χ1n) is 12.7. The number of rotatable bonds is 11. The predicted molar refractivity (Wildman–Crippen MR) is 147 cm³/mol. The molecule has 41 heavy (non-hydrogen) atoms. The zero-order chi connectivity index (χ0) is 29.7. The molecule has 0 aliphatic carbocycles. The van der Waals surface area contributed by atoms with E-state index in [-0.39, 0.29) is 52.1 Å². The van der Waals surface area contributed by atoms with Gasteiger partial charge in [0.1, 0.15) is 23.0 Å². The minimum atomic E-state index is -4.60. The lowest BCUT2D eigenvalue weighted by atomic mass is 10.0. The molecule has 0 bridgehead atoms. The molecule has 12 heteroatoms. The molecule has 0 saturated heterocycles. The Labute approximate surface area is 236 Å². The van der Waals surface area contributed by atoms with Crippen LogP contribution in [0.5, 0.6) is 17.4 Å². The van der Waals surface area contributed by atoms with E-state index in [0.717, 1.165) is 17.1 Å². The molecular formula is C29H28FN3O7S. The molecule has 10 nitrogen and oxygen atoms in total. The Hall–Kier alpha value is -4.58. The summed E-state index contributed by atoms with van der Waals surface area (Å²) in [6, 6.07) is 12.3. The number of hydrogen-bond donors (Lipinski definition) is 1. The van der Waals surface area contributed by atoms with Crippen molar-refractivity contribution in [3.63, 3.8) is 0 Å². The molecule has 2 aromatic carbocycles. The number of unbranched alkanes of at least 4 members (excludes halogenated alkanes) is 1. The number of aryl methyl sites for hydroxylation is 1. The topological polar surface area (TPSA) is 138 Å². The highest BCUT2D eigenvalue weighted by Crippen LogP contribution is 2.34. The maximum absolute atomic E-state index is 13.9. The Morgan fingerprint density at radius 3 is 2.24 bits per heavy atom. The van der Waals surface area contributed by atoms with Gasteiger partial charge in [0.15, 0.2) is 10.7 Å². The number of para-hydroxylation sites is 1. The third-order valence-electron chi connectivity index (χ3n) is 6.38. The highest BCUT2D eigenvalue weighted by atomic mass is 32.2. The Bertz CT molecular complexity index is 1710. The first-order valence-corrected chi connectivity index (χ1v) is 14.2. The van der Waals surface area contributed by atoms with Gasteiger partial charge in [-0.3, -0.25) is 14.2 Å². The zero-order valence-corrected chi connectivity index (χ0v) is 23.4. The van der Waals surface area contributed by atoms with Crippen LogP contribution in [0.25, 0.3) is 5.69 Å². The number of ether oxygens (including phenoxy) is 2. The summed E-state index contributed by atoms with van der Waals surface area (Å²) in [6.07, 6.45) is 2.80. The van der Waals surface area contributed by atoms with Crippen LogP contribution in [0.15, 0.2) is 75.4 Å². The fourth-order valence-electron chi connectivity index (χ4n) is 4.29. The Morgan fingerprint density at radius 1 is 1.02 bits per heavy atom. The third kappa shape index (κ3) is 5.97. The van der Waals surface area contributed by atoms with Crippen LogP contribution in [-0.2, 0) is 22.7 Å². The SMILES string of the molecule is CCCCc1nc(O)c(S(=O)(=O)c2ccc(C(=O)Cc3ccc(F)nc3)cc2)c(=O)n1-c1c(OC)cccc1OC. The molecule has 0 radical (unpaired) electrons. The summed E-state index contributed by atoms with van der Waals surface area (Å²) < 4.78 is 52.4. The first-order chi connectivity index (χ1) is 19.6. The number of aromatic hydroxyl groups is 1. The number of ketones is 1. The zero-order valence-electron chi connectivity index (χ0n) is 22.6. The van der Waals surface area contributed by atoms with Crippen LogP contribution in [0.2, 0.25) is 0 Å². The van der Waals surface area contributed by atoms with Gasteiger partial charge in [0.05, 0.1) is 19.1 Å². The molecule has 0 saturated carbocycles. The van der Waals surface area contributed by atoms with Crippen molar-refractivity contribution in [1.82, 2.24) is 14.5 Å². The quantitative estimate of drug-likeness (QED) is 0.205. The van der Waals surface area contributed by atoms with E-state index >= 15 is 0 Å². The summed E-state index contributed by atoms with van der Waals surface area (Å²) in [5.41, 5.74) is -0.203. The number of benzene rings is 2. The standard InChI is InChI=1S/C29H28FN3O7S/c1-4-5-9-25-32-28(35)27(29(36)33(25)26-22(39-2)7-6-8-23(26)40-3)41(37,38)20-13-11-19(12-14-20)21(34)16-18-10-15-24(30)31-17-18/h6-8,10-15,17,35H,4-5,9,16H2,1-3H3. The average molecular weight is 582 g/mol. The lowest BCUT2D eigenvalue weighted by molar-refractivity contribution is 0.0992. The maximum atomic E-state index is 13.9. The van der Waals surface area contributed by atoms with E-state index in [9.17, 15) is 27.5 Å². The van der Waals surface area contributed by atoms with Crippen LogP contribution in [-0.4, -0.2) is 48.1 Å². The van der Waals surface area contributed by atoms with E-state index < -0.39 is 32.1 Å². The fourth-order valence-corrected chi connectivity index (χ4v) is 5.63. The normalized spacial score (nSPS) is 11.3. The van der Waals surface area contributed by atoms with Gasteiger partial charge in [-0.15, -0.1) is 0 Å². The largest absolute Gasteiger partial charge is 0.494 e. The van der Waals surface area contributed by atoms with E-state index in [4.69, 9.17) is 9.47 Å². The summed E-state index contributed by atoms with van der Waals surface area (Å²) in [5.74, 6) is -1.35. The highest BCUT2D eigenvalue weighted by Gasteiger charge is 2.31. The van der Waals surface area contributed by atoms with Crippen LogP contribution in [0, 0.1) is 5.95 Å². The summed E-state index contributed by atoms with van der Waals surface area (Å²) in [6.45, 7) is 1.94. The van der Waals surface area contributed by atoms with Crippen molar-refractivity contribution in [2.24, 2.45) is 0 Å². The second-order valence-electron chi connectivity index (χ2n) is 9.05. The summed E-state index contributed by atoms with van der Waals surface area (Å²) >= 11 is 0. The van der Waals surface area contributed by atoms with Crippen molar-refractivity contribution < 1.29 is 32.2 Å². The van der Waals surface area contributed by atoms with E-state index in [2.05, 4.69) is 9.97 Å². The van der Waals surface area contributed by atoms with E-state index in [0.29, 0.717) is 12.0 Å². The highest BCUT2D eigenvalue weighted by molar-refractivity contribution is 7.91. The maximum Gasteiger partial charge on any atom is 0.281 e. The molecule has 214 valence electrons. The first kappa shape index (κ1) is 29.4. The molecule has 0 fully saturated rings. The summed E-state index contributed by atoms with van der Waals surface area (Å²) in [7, 11) is -1.81. The minimum Gasteiger partial charge on any atom is -0.494 e. The summed E-state index contributed by atoms with van der Waals surface area (Å²) in [5, 5.41) is 10.8. The monoisotopic (exact) mass is 581 g/mol. The van der Waals surface area contributed by atoms with Crippen LogP contribution in [0.4, 0.5) is 4.39 Å². The van der Waals surface area contributed by atoms with E-state index in [1.165, 1.54) is 50.7 Å². The van der Waals surface area contributed by atoms with E-state index in [1.54, 1.807) is 18.2 Å². The Kier molecular flexibility index (Phi) is 8.82. The van der Waals surface area contributed by atoms with Crippen LogP contribution >= 0.6 is 0 Å². The molecule has 4 aromatic rings. The van der Waals surface area contributed by atoms with Crippen LogP contribution in [0.3, 0.4) is 0 Å². The van der Waals surface area contributed by atoms with Crippen molar-refractivity contribution in [1.29, 1.82) is 0 Å². The van der Waals surface area contributed by atoms with Gasteiger partial charge in [0.2, 0.25) is 21.7 Å². The second kappa shape index (κ2) is 12.3. The number of carbonyl (C=O) groups is 1. The Balaban J connectivity index is 1.81. The number of nitrogens with zero attached hydrogens (tertiary/aromatic N) is 3. The predicted octanol–water partition coefficient (Wildman–Crippen LogP) is 4.09. The lowest BCUT2D eigenvalue weighted by Crippen LogP contribution is -2.30. The lowest BCUT2D eigenvalue weighted by Gasteiger charge is -2.19. The molecule has 0 aliphatic heterocycles. The van der Waals surface area contributed by atoms with Gasteiger partial charge in [0.25, 0.3) is 5.56 Å². The molecule has 0 amide bonds. The average Bonchev–Trinajstić information content (AvgIpc) is 2.96. The number of hydrogen-bond acceptors (Lipinski definition) is 9.